The molecule has 1 aliphatic rings. The van der Waals surface area contributed by atoms with Crippen LogP contribution >= 0.6 is 0 Å². The zero-order chi connectivity index (χ0) is 17.0. The number of hydrogen-bond donors (Lipinski definition) is 0. The average Bonchev–Trinajstić information content (AvgIpc) is 3.06. The lowest BCUT2D eigenvalue weighted by molar-refractivity contribution is 0.0277. The lowest BCUT2D eigenvalue weighted by Crippen LogP contribution is -2.37. The molecule has 23 heavy (non-hydrogen) atoms. The van der Waals surface area contributed by atoms with Crippen molar-refractivity contribution in [2.45, 2.75) is 39.3 Å². The van der Waals surface area contributed by atoms with Gasteiger partial charge in [-0.2, -0.15) is 0 Å². The van der Waals surface area contributed by atoms with Crippen molar-refractivity contribution in [2.24, 2.45) is 5.92 Å². The van der Waals surface area contributed by atoms with Crippen LogP contribution in [0, 0.1) is 5.92 Å². The normalized spacial score (nSPS) is 18.1. The number of carbonyl (C=O) groups is 1. The maximum atomic E-state index is 12.0. The summed E-state index contributed by atoms with van der Waals surface area (Å²) in [5.74, 6) is 1.13. The number of allylic oxidation sites excluding steroid dienone is 1. The van der Waals surface area contributed by atoms with E-state index in [0.717, 1.165) is 25.5 Å². The van der Waals surface area contributed by atoms with Gasteiger partial charge in [-0.25, -0.2) is 9.48 Å². The highest BCUT2D eigenvalue weighted by Crippen LogP contribution is 2.22. The van der Waals surface area contributed by atoms with Crippen molar-refractivity contribution < 1.29 is 9.53 Å². The molecule has 0 saturated carbocycles. The Morgan fingerprint density at radius 1 is 1.52 bits per heavy atom. The van der Waals surface area contributed by atoms with Crippen molar-refractivity contribution in [3.05, 3.63) is 12.7 Å². The molecule has 8 nitrogen and oxygen atoms in total. The van der Waals surface area contributed by atoms with E-state index in [1.54, 1.807) is 22.7 Å². The van der Waals surface area contributed by atoms with E-state index >= 15 is 0 Å². The van der Waals surface area contributed by atoms with E-state index < -0.39 is 5.60 Å². The fourth-order valence-electron chi connectivity index (χ4n) is 2.63. The SMILES string of the molecule is C=CCn1nnnc1N1CCC(CN(C)C(=O)OC(C)(C)C)C1. The van der Waals surface area contributed by atoms with E-state index in [0.29, 0.717) is 19.0 Å². The first kappa shape index (κ1) is 17.2. The van der Waals surface area contributed by atoms with E-state index in [-0.39, 0.29) is 6.09 Å². The van der Waals surface area contributed by atoms with Gasteiger partial charge in [0.25, 0.3) is 0 Å². The summed E-state index contributed by atoms with van der Waals surface area (Å²) in [6.45, 7) is 12.3. The molecule has 1 aliphatic heterocycles. The first-order valence-corrected chi connectivity index (χ1v) is 7.86. The lowest BCUT2D eigenvalue weighted by atomic mass is 10.1. The van der Waals surface area contributed by atoms with Crippen LogP contribution < -0.4 is 4.90 Å². The standard InChI is InChI=1S/C15H26N6O2/c1-6-8-21-13(16-17-18-21)20-9-7-12(11-20)10-19(5)14(22)23-15(2,3)4/h6,12H,1,7-11H2,2-5H3. The predicted octanol–water partition coefficient (Wildman–Crippen LogP) is 1.55. The Morgan fingerprint density at radius 3 is 2.91 bits per heavy atom. The minimum absolute atomic E-state index is 0.285. The lowest BCUT2D eigenvalue weighted by Gasteiger charge is -2.26. The van der Waals surface area contributed by atoms with Gasteiger partial charge in [0.1, 0.15) is 5.60 Å². The molecule has 0 spiro atoms. The van der Waals surface area contributed by atoms with E-state index in [9.17, 15) is 4.79 Å². The van der Waals surface area contributed by atoms with Crippen LogP contribution in [-0.4, -0.2) is 63.5 Å². The summed E-state index contributed by atoms with van der Waals surface area (Å²) >= 11 is 0. The van der Waals surface area contributed by atoms with Crippen LogP contribution in [0.4, 0.5) is 10.7 Å². The van der Waals surface area contributed by atoms with Crippen molar-refractivity contribution in [2.75, 3.05) is 31.6 Å². The van der Waals surface area contributed by atoms with Crippen LogP contribution in [0.1, 0.15) is 27.2 Å². The number of carbonyl (C=O) groups excluding carboxylic acids is 1. The Kier molecular flexibility index (Phi) is 5.23. The van der Waals surface area contributed by atoms with Gasteiger partial charge >= 0.3 is 6.09 Å². The third-order valence-corrected chi connectivity index (χ3v) is 3.62. The van der Waals surface area contributed by atoms with Crippen molar-refractivity contribution in [3.63, 3.8) is 0 Å². The number of ether oxygens (including phenoxy) is 1. The number of aromatic nitrogens is 4. The molecule has 1 aromatic rings. The monoisotopic (exact) mass is 322 g/mol. The zero-order valence-corrected chi connectivity index (χ0v) is 14.4. The summed E-state index contributed by atoms with van der Waals surface area (Å²) in [4.78, 5) is 15.8. The van der Waals surface area contributed by atoms with Crippen molar-refractivity contribution in [3.8, 4) is 0 Å². The molecule has 0 aliphatic carbocycles. The molecule has 2 rings (SSSR count). The second-order valence-corrected chi connectivity index (χ2v) is 6.91. The fraction of sp³-hybridized carbons (Fsp3) is 0.733. The molecular formula is C15H26N6O2. The van der Waals surface area contributed by atoms with Gasteiger partial charge in [-0.15, -0.1) is 6.58 Å². The Bertz CT molecular complexity index is 550. The molecule has 1 unspecified atom stereocenters. The second-order valence-electron chi connectivity index (χ2n) is 6.91. The van der Waals surface area contributed by atoms with Gasteiger partial charge in [0.2, 0.25) is 5.95 Å². The first-order chi connectivity index (χ1) is 10.8. The highest BCUT2D eigenvalue weighted by atomic mass is 16.6. The molecule has 8 heteroatoms. The third kappa shape index (κ3) is 4.67. The number of amides is 1. The molecule has 1 amide bonds. The van der Waals surface area contributed by atoms with E-state index in [4.69, 9.17) is 4.74 Å². The average molecular weight is 322 g/mol. The Morgan fingerprint density at radius 2 is 2.26 bits per heavy atom. The first-order valence-electron chi connectivity index (χ1n) is 7.86. The minimum Gasteiger partial charge on any atom is -0.444 e. The van der Waals surface area contributed by atoms with Gasteiger partial charge in [-0.1, -0.05) is 11.2 Å². The smallest absolute Gasteiger partial charge is 0.410 e. The predicted molar refractivity (Wildman–Crippen MR) is 87.2 cm³/mol. The van der Waals surface area contributed by atoms with E-state index in [2.05, 4.69) is 27.0 Å². The highest BCUT2D eigenvalue weighted by molar-refractivity contribution is 5.67. The molecule has 2 heterocycles. The van der Waals surface area contributed by atoms with Crippen LogP contribution in [0.5, 0.6) is 0 Å². The Hall–Kier alpha value is -2.12. The van der Waals surface area contributed by atoms with E-state index in [1.807, 2.05) is 20.8 Å². The van der Waals surface area contributed by atoms with Gasteiger partial charge in [0, 0.05) is 26.7 Å². The molecule has 0 N–H and O–H groups in total. The molecule has 1 fully saturated rings. The highest BCUT2D eigenvalue weighted by Gasteiger charge is 2.29. The molecule has 1 aromatic heterocycles. The van der Waals surface area contributed by atoms with Crippen LogP contribution in [-0.2, 0) is 11.3 Å². The maximum Gasteiger partial charge on any atom is 0.410 e. The summed E-state index contributed by atoms with van der Waals surface area (Å²) in [5.41, 5.74) is -0.472. The van der Waals surface area contributed by atoms with Crippen LogP contribution in [0.2, 0.25) is 0 Å². The number of hydrogen-bond acceptors (Lipinski definition) is 6. The van der Waals surface area contributed by atoms with Gasteiger partial charge in [0.05, 0.1) is 6.54 Å². The van der Waals surface area contributed by atoms with Crippen molar-refractivity contribution in [1.29, 1.82) is 0 Å². The topological polar surface area (TPSA) is 76.4 Å². The van der Waals surface area contributed by atoms with Crippen molar-refractivity contribution in [1.82, 2.24) is 25.1 Å². The van der Waals surface area contributed by atoms with Crippen LogP contribution in [0.25, 0.3) is 0 Å². The van der Waals surface area contributed by atoms with Crippen LogP contribution in [0.3, 0.4) is 0 Å². The molecule has 128 valence electrons. The molecule has 0 bridgehead atoms. The molecular weight excluding hydrogens is 296 g/mol. The number of tetrazole rings is 1. The minimum atomic E-state index is -0.472. The van der Waals surface area contributed by atoms with Gasteiger partial charge in [-0.05, 0) is 43.5 Å². The number of rotatable bonds is 5. The summed E-state index contributed by atoms with van der Waals surface area (Å²) in [5, 5.41) is 11.8. The fourth-order valence-corrected chi connectivity index (χ4v) is 2.63. The zero-order valence-electron chi connectivity index (χ0n) is 14.4. The van der Waals surface area contributed by atoms with E-state index in [1.165, 1.54) is 0 Å². The summed E-state index contributed by atoms with van der Waals surface area (Å²) in [6, 6.07) is 0. The maximum absolute atomic E-state index is 12.0. The summed E-state index contributed by atoms with van der Waals surface area (Å²) in [6.07, 6.45) is 2.48. The largest absolute Gasteiger partial charge is 0.444 e. The second kappa shape index (κ2) is 6.97. The van der Waals surface area contributed by atoms with Gasteiger partial charge in [-0.3, -0.25) is 0 Å². The van der Waals surface area contributed by atoms with Gasteiger partial charge in [0.15, 0.2) is 0 Å². The van der Waals surface area contributed by atoms with Gasteiger partial charge < -0.3 is 14.5 Å². The molecule has 0 radical (unpaired) electrons. The molecule has 1 saturated heterocycles. The summed E-state index contributed by atoms with van der Waals surface area (Å²) in [7, 11) is 1.78. The summed E-state index contributed by atoms with van der Waals surface area (Å²) < 4.78 is 7.11. The third-order valence-electron chi connectivity index (χ3n) is 3.62. The quantitative estimate of drug-likeness (QED) is 0.766. The Balaban J connectivity index is 1.89. The van der Waals surface area contributed by atoms with Crippen molar-refractivity contribution >= 4 is 12.0 Å². The Labute approximate surface area is 137 Å². The molecule has 1 atom stereocenters. The number of anilines is 1. The molecule has 0 aromatic carbocycles. The number of nitrogens with zero attached hydrogens (tertiary/aromatic N) is 6. The van der Waals surface area contributed by atoms with Crippen LogP contribution in [0.15, 0.2) is 12.7 Å².